The van der Waals surface area contributed by atoms with Crippen LogP contribution in [0.4, 0.5) is 8.78 Å². The van der Waals surface area contributed by atoms with Crippen LogP contribution in [-0.2, 0) is 4.74 Å². The van der Waals surface area contributed by atoms with Crippen molar-refractivity contribution in [3.8, 4) is 5.75 Å². The molecule has 5 nitrogen and oxygen atoms in total. The number of aliphatic hydroxyl groups excluding tert-OH is 1. The van der Waals surface area contributed by atoms with E-state index >= 15 is 0 Å². The van der Waals surface area contributed by atoms with Gasteiger partial charge in [-0.3, -0.25) is 9.69 Å². The van der Waals surface area contributed by atoms with E-state index in [1.165, 1.54) is 13.0 Å². The molecule has 2 atom stereocenters. The minimum atomic E-state index is -0.907. The van der Waals surface area contributed by atoms with Gasteiger partial charge < -0.3 is 14.6 Å². The largest absolute Gasteiger partial charge is 0.490 e. The summed E-state index contributed by atoms with van der Waals surface area (Å²) in [6.07, 6.45) is -1.17. The lowest BCUT2D eigenvalue weighted by atomic mass is 10.1. The van der Waals surface area contributed by atoms with Gasteiger partial charge in [-0.2, -0.15) is 0 Å². The topological polar surface area (TPSA) is 59.0 Å². The number of rotatable bonds is 7. The number of para-hydroxylation sites is 1. The molecule has 1 heterocycles. The zero-order valence-corrected chi connectivity index (χ0v) is 16.8. The quantitative estimate of drug-likeness (QED) is 0.686. The maximum atomic E-state index is 13.5. The van der Waals surface area contributed by atoms with Gasteiger partial charge in [0.2, 0.25) is 0 Å². The summed E-state index contributed by atoms with van der Waals surface area (Å²) in [4.78, 5) is 13.6. The van der Waals surface area contributed by atoms with E-state index in [0.717, 1.165) is 12.1 Å². The number of Topliss-reactive ketones (excluding diaryl/α,β-unsaturated/α-hetero) is 1. The van der Waals surface area contributed by atoms with Crippen LogP contribution in [0, 0.1) is 11.6 Å². The van der Waals surface area contributed by atoms with Gasteiger partial charge in [0.05, 0.1) is 18.3 Å². The van der Waals surface area contributed by atoms with Gasteiger partial charge in [-0.25, -0.2) is 8.78 Å². The second-order valence-electron chi connectivity index (χ2n) is 6.81. The number of aliphatic hydroxyl groups is 1. The Bertz CT molecular complexity index is 836. The Hall–Kier alpha value is -2.06. The number of hydrogen-bond acceptors (Lipinski definition) is 5. The van der Waals surface area contributed by atoms with E-state index in [2.05, 4.69) is 0 Å². The Morgan fingerprint density at radius 2 is 2.03 bits per heavy atom. The maximum absolute atomic E-state index is 13.5. The molecule has 0 bridgehead atoms. The van der Waals surface area contributed by atoms with Crippen molar-refractivity contribution in [3.63, 3.8) is 0 Å². The molecule has 2 unspecified atom stereocenters. The van der Waals surface area contributed by atoms with Crippen molar-refractivity contribution < 1.29 is 28.2 Å². The summed E-state index contributed by atoms with van der Waals surface area (Å²) in [7, 11) is 0. The molecule has 3 rings (SSSR count). The van der Waals surface area contributed by atoms with Gasteiger partial charge >= 0.3 is 0 Å². The maximum Gasteiger partial charge on any atom is 0.163 e. The number of ether oxygens (including phenoxy) is 2. The lowest BCUT2D eigenvalue weighted by molar-refractivity contribution is -0.0461. The van der Waals surface area contributed by atoms with Gasteiger partial charge in [0.25, 0.3) is 0 Å². The summed E-state index contributed by atoms with van der Waals surface area (Å²) in [5.74, 6) is -1.46. The van der Waals surface area contributed by atoms with Crippen LogP contribution < -0.4 is 4.74 Å². The summed E-state index contributed by atoms with van der Waals surface area (Å²) < 4.78 is 37.9. The summed E-state index contributed by atoms with van der Waals surface area (Å²) in [6.45, 7) is 3.33. The molecule has 0 saturated carbocycles. The molecule has 0 amide bonds. The average molecular weight is 428 g/mol. The van der Waals surface area contributed by atoms with Crippen molar-refractivity contribution >= 4 is 18.2 Å². The summed E-state index contributed by atoms with van der Waals surface area (Å²) in [6, 6.07) is 10.6. The highest BCUT2D eigenvalue weighted by Gasteiger charge is 2.24. The first-order valence-electron chi connectivity index (χ1n) is 9.13. The van der Waals surface area contributed by atoms with Gasteiger partial charge in [0.15, 0.2) is 17.4 Å². The van der Waals surface area contributed by atoms with Gasteiger partial charge in [0, 0.05) is 19.6 Å². The Labute approximate surface area is 174 Å². The van der Waals surface area contributed by atoms with Crippen LogP contribution in [0.1, 0.15) is 28.9 Å². The van der Waals surface area contributed by atoms with Crippen molar-refractivity contribution in [2.24, 2.45) is 0 Å². The monoisotopic (exact) mass is 427 g/mol. The molecule has 1 N–H and O–H groups in total. The van der Waals surface area contributed by atoms with Crippen LogP contribution >= 0.6 is 12.4 Å². The van der Waals surface area contributed by atoms with Crippen molar-refractivity contribution in [3.05, 3.63) is 65.2 Å². The van der Waals surface area contributed by atoms with E-state index in [-0.39, 0.29) is 24.8 Å². The molecule has 8 heteroatoms. The number of carbonyl (C=O) groups is 1. The van der Waals surface area contributed by atoms with Crippen molar-refractivity contribution in [1.82, 2.24) is 4.90 Å². The van der Waals surface area contributed by atoms with Crippen molar-refractivity contribution in [2.75, 3.05) is 32.8 Å². The Balaban J connectivity index is 0.00000300. The molecule has 1 saturated heterocycles. The predicted octanol–water partition coefficient (Wildman–Crippen LogP) is 3.40. The van der Waals surface area contributed by atoms with Gasteiger partial charge in [-0.05, 0) is 36.8 Å². The fourth-order valence-electron chi connectivity index (χ4n) is 3.20. The SMILES string of the molecule is CC(=O)c1ccccc1OCC(O)CN1CCOC(c2ccc(F)c(F)c2)C1.Cl. The first kappa shape index (κ1) is 23.2. The fraction of sp³-hybridized carbons (Fsp3) is 0.381. The molecule has 2 aromatic carbocycles. The molecular weight excluding hydrogens is 404 g/mol. The standard InChI is InChI=1S/C21H23F2NO4.ClH/c1-14(25)17-4-2-3-5-20(17)28-13-16(26)11-24-8-9-27-21(12-24)15-6-7-18(22)19(23)10-15;/h2-7,10,16,21,26H,8-9,11-13H2,1H3;1H. The van der Waals surface area contributed by atoms with E-state index in [9.17, 15) is 18.7 Å². The number of morpholine rings is 1. The highest BCUT2D eigenvalue weighted by Crippen LogP contribution is 2.24. The normalized spacial score (nSPS) is 18.0. The molecule has 0 radical (unpaired) electrons. The molecule has 0 spiro atoms. The molecule has 0 aromatic heterocycles. The zero-order chi connectivity index (χ0) is 20.1. The lowest BCUT2D eigenvalue weighted by Crippen LogP contribution is -2.43. The van der Waals surface area contributed by atoms with Crippen LogP contribution in [0.5, 0.6) is 5.75 Å². The zero-order valence-electron chi connectivity index (χ0n) is 16.0. The smallest absolute Gasteiger partial charge is 0.163 e. The molecule has 158 valence electrons. The molecule has 2 aromatic rings. The fourth-order valence-corrected chi connectivity index (χ4v) is 3.20. The summed E-state index contributed by atoms with van der Waals surface area (Å²) >= 11 is 0. The third-order valence-electron chi connectivity index (χ3n) is 4.63. The predicted molar refractivity (Wildman–Crippen MR) is 107 cm³/mol. The van der Waals surface area contributed by atoms with Crippen LogP contribution in [0.25, 0.3) is 0 Å². The van der Waals surface area contributed by atoms with Crippen LogP contribution in [0.2, 0.25) is 0 Å². The second kappa shape index (κ2) is 10.6. The first-order valence-corrected chi connectivity index (χ1v) is 9.13. The van der Waals surface area contributed by atoms with Crippen LogP contribution in [-0.4, -0.2) is 54.7 Å². The number of halogens is 3. The second-order valence-corrected chi connectivity index (χ2v) is 6.81. The average Bonchev–Trinajstić information content (AvgIpc) is 2.69. The first-order chi connectivity index (χ1) is 13.4. The van der Waals surface area contributed by atoms with Gasteiger partial charge in [0.1, 0.15) is 18.5 Å². The minimum Gasteiger partial charge on any atom is -0.490 e. The van der Waals surface area contributed by atoms with E-state index in [0.29, 0.717) is 43.1 Å². The van der Waals surface area contributed by atoms with E-state index in [1.54, 1.807) is 24.3 Å². The Morgan fingerprint density at radius 1 is 1.28 bits per heavy atom. The van der Waals surface area contributed by atoms with Crippen molar-refractivity contribution in [1.29, 1.82) is 0 Å². The molecule has 0 aliphatic carbocycles. The summed E-state index contributed by atoms with van der Waals surface area (Å²) in [5.41, 5.74) is 1.03. The third-order valence-corrected chi connectivity index (χ3v) is 4.63. The van der Waals surface area contributed by atoms with Gasteiger partial charge in [-0.15, -0.1) is 12.4 Å². The molecular formula is C21H24ClF2NO4. The molecule has 29 heavy (non-hydrogen) atoms. The molecule has 1 fully saturated rings. The number of hydrogen-bond donors (Lipinski definition) is 1. The highest BCUT2D eigenvalue weighted by atomic mass is 35.5. The minimum absolute atomic E-state index is 0. The number of β-amino-alcohol motifs (C(OH)–C–C–N with tert-alkyl or cyclic N) is 1. The lowest BCUT2D eigenvalue weighted by Gasteiger charge is -2.34. The van der Waals surface area contributed by atoms with Crippen molar-refractivity contribution in [2.45, 2.75) is 19.1 Å². The van der Waals surface area contributed by atoms with E-state index in [4.69, 9.17) is 9.47 Å². The molecule has 1 aliphatic heterocycles. The van der Waals surface area contributed by atoms with Crippen LogP contribution in [0.3, 0.4) is 0 Å². The Kier molecular flexibility index (Phi) is 8.52. The summed E-state index contributed by atoms with van der Waals surface area (Å²) in [5, 5.41) is 10.3. The van der Waals surface area contributed by atoms with Gasteiger partial charge in [-0.1, -0.05) is 18.2 Å². The Morgan fingerprint density at radius 3 is 2.76 bits per heavy atom. The number of benzene rings is 2. The van der Waals surface area contributed by atoms with E-state index < -0.39 is 23.8 Å². The number of ketones is 1. The number of carbonyl (C=O) groups excluding carboxylic acids is 1. The number of nitrogens with zero attached hydrogens (tertiary/aromatic N) is 1. The highest BCUT2D eigenvalue weighted by molar-refractivity contribution is 5.96. The third kappa shape index (κ3) is 6.21. The van der Waals surface area contributed by atoms with Crippen LogP contribution in [0.15, 0.2) is 42.5 Å². The molecule has 1 aliphatic rings. The van der Waals surface area contributed by atoms with E-state index in [1.807, 2.05) is 4.90 Å².